The summed E-state index contributed by atoms with van der Waals surface area (Å²) in [5.41, 5.74) is 1.74. The zero-order valence-electron chi connectivity index (χ0n) is 13.9. The Morgan fingerprint density at radius 3 is 2.46 bits per heavy atom. The summed E-state index contributed by atoms with van der Waals surface area (Å²) in [6.45, 7) is 1.91. The van der Waals surface area contributed by atoms with E-state index in [9.17, 15) is 9.59 Å². The molecule has 0 spiro atoms. The number of rotatable bonds is 5. The average molecular weight is 344 g/mol. The summed E-state index contributed by atoms with van der Waals surface area (Å²) in [5.74, 6) is 0.431. The fraction of sp³-hybridized carbons (Fsp3) is 0.222. The minimum Gasteiger partial charge on any atom is -0.484 e. The molecular weight excluding hydrogens is 324 g/mol. The molecule has 2 rings (SSSR count). The zero-order chi connectivity index (χ0) is 17.5. The number of aryl methyl sites for hydroxylation is 1. The molecule has 0 heterocycles. The monoisotopic (exact) mass is 344 g/mol. The molecule has 0 aliphatic carbocycles. The predicted octanol–water partition coefficient (Wildman–Crippen LogP) is 3.79. The quantitative estimate of drug-likeness (QED) is 0.839. The van der Waals surface area contributed by atoms with Crippen molar-refractivity contribution < 1.29 is 14.3 Å². The van der Waals surface area contributed by atoms with E-state index in [2.05, 4.69) is 5.32 Å². The van der Waals surface area contributed by atoms with E-state index < -0.39 is 0 Å². The molecule has 0 saturated heterocycles. The van der Waals surface area contributed by atoms with Crippen LogP contribution in [0.3, 0.4) is 0 Å². The molecule has 1 N–H and O–H groups in total. The maximum absolute atomic E-state index is 11.9. The van der Waals surface area contributed by atoms with E-state index in [1.54, 1.807) is 38.4 Å². The molecule has 126 valence electrons. The van der Waals surface area contributed by atoms with E-state index >= 15 is 0 Å². The van der Waals surface area contributed by atoms with Crippen molar-refractivity contribution in [2.24, 2.45) is 0 Å². The van der Waals surface area contributed by atoms with E-state index in [1.807, 2.05) is 31.2 Å². The lowest BCUT2D eigenvalue weighted by Crippen LogP contribution is -2.20. The Morgan fingerprint density at radius 1 is 1.12 bits per heavy atom. The van der Waals surface area contributed by atoms with Crippen LogP contribution in [-0.4, -0.2) is 36.7 Å². The fourth-order valence-electron chi connectivity index (χ4n) is 1.85. The highest BCUT2D eigenvalue weighted by Gasteiger charge is 2.08. The van der Waals surface area contributed by atoms with Crippen LogP contribution >= 0.6 is 11.8 Å². The van der Waals surface area contributed by atoms with Gasteiger partial charge in [0.2, 0.25) is 0 Å². The average Bonchev–Trinajstić information content (AvgIpc) is 2.55. The number of nitrogens with one attached hydrogen (secondary N) is 1. The Hall–Kier alpha value is -2.47. The van der Waals surface area contributed by atoms with Crippen LogP contribution in [0.1, 0.15) is 5.56 Å². The first-order chi connectivity index (χ1) is 11.4. The molecule has 2 amide bonds. The number of thioether (sulfide) groups is 1. The third-order valence-electron chi connectivity index (χ3n) is 3.07. The highest BCUT2D eigenvalue weighted by molar-refractivity contribution is 8.13. The summed E-state index contributed by atoms with van der Waals surface area (Å²) in [5, 5.41) is 2.72. The molecule has 0 saturated carbocycles. The first-order valence-electron chi connectivity index (χ1n) is 7.42. The zero-order valence-corrected chi connectivity index (χ0v) is 14.7. The van der Waals surface area contributed by atoms with Crippen molar-refractivity contribution in [3.8, 4) is 5.75 Å². The number of amides is 2. The minimum atomic E-state index is -0.235. The smallest absolute Gasteiger partial charge is 0.285 e. The van der Waals surface area contributed by atoms with Gasteiger partial charge in [0.25, 0.3) is 11.1 Å². The van der Waals surface area contributed by atoms with Gasteiger partial charge in [-0.15, -0.1) is 0 Å². The van der Waals surface area contributed by atoms with Gasteiger partial charge in [-0.1, -0.05) is 12.1 Å². The lowest BCUT2D eigenvalue weighted by atomic mass is 10.2. The first-order valence-corrected chi connectivity index (χ1v) is 8.24. The second kappa shape index (κ2) is 8.40. The third-order valence-corrected chi connectivity index (χ3v) is 4.12. The van der Waals surface area contributed by atoms with Crippen molar-refractivity contribution in [3.63, 3.8) is 0 Å². The maximum atomic E-state index is 11.9. The predicted molar refractivity (Wildman–Crippen MR) is 96.7 cm³/mol. The van der Waals surface area contributed by atoms with Crippen LogP contribution in [0, 0.1) is 6.92 Å². The van der Waals surface area contributed by atoms with Crippen molar-refractivity contribution in [3.05, 3.63) is 54.1 Å². The summed E-state index contributed by atoms with van der Waals surface area (Å²) in [7, 11) is 3.41. The van der Waals surface area contributed by atoms with Crippen LogP contribution in [0.25, 0.3) is 0 Å². The van der Waals surface area contributed by atoms with Crippen LogP contribution in [0.15, 0.2) is 53.4 Å². The molecule has 0 bridgehead atoms. The van der Waals surface area contributed by atoms with Gasteiger partial charge in [0.05, 0.1) is 0 Å². The Kier molecular flexibility index (Phi) is 6.26. The number of benzene rings is 2. The maximum Gasteiger partial charge on any atom is 0.285 e. The van der Waals surface area contributed by atoms with Crippen molar-refractivity contribution >= 4 is 28.6 Å². The van der Waals surface area contributed by atoms with Crippen LogP contribution in [0.5, 0.6) is 5.75 Å². The van der Waals surface area contributed by atoms with Crippen molar-refractivity contribution in [2.75, 3.05) is 26.0 Å². The topological polar surface area (TPSA) is 58.6 Å². The molecule has 2 aromatic rings. The normalized spacial score (nSPS) is 10.1. The molecule has 0 fully saturated rings. The molecule has 0 unspecified atom stereocenters. The largest absolute Gasteiger partial charge is 0.484 e. The number of hydrogen-bond acceptors (Lipinski definition) is 4. The molecule has 5 nitrogen and oxygen atoms in total. The lowest BCUT2D eigenvalue weighted by Gasteiger charge is -2.10. The Balaban J connectivity index is 1.84. The summed E-state index contributed by atoms with van der Waals surface area (Å²) >= 11 is 1.14. The number of ether oxygens (including phenoxy) is 1. The van der Waals surface area contributed by atoms with Crippen LogP contribution in [0.4, 0.5) is 10.5 Å². The molecule has 2 aromatic carbocycles. The van der Waals surface area contributed by atoms with Gasteiger partial charge in [0.15, 0.2) is 6.61 Å². The Labute approximate surface area is 146 Å². The molecule has 0 radical (unpaired) electrons. The van der Waals surface area contributed by atoms with E-state index in [-0.39, 0.29) is 17.8 Å². The van der Waals surface area contributed by atoms with Gasteiger partial charge in [-0.05, 0) is 60.6 Å². The third kappa shape index (κ3) is 5.62. The highest BCUT2D eigenvalue weighted by Crippen LogP contribution is 2.22. The van der Waals surface area contributed by atoms with E-state index in [0.717, 1.165) is 22.2 Å². The summed E-state index contributed by atoms with van der Waals surface area (Å²) in [6, 6.07) is 14.6. The molecule has 24 heavy (non-hydrogen) atoms. The Morgan fingerprint density at radius 2 is 1.83 bits per heavy atom. The van der Waals surface area contributed by atoms with Gasteiger partial charge in [-0.2, -0.15) is 0 Å². The number of nitrogens with zero attached hydrogens (tertiary/aromatic N) is 1. The second-order valence-electron chi connectivity index (χ2n) is 5.44. The van der Waals surface area contributed by atoms with E-state index in [1.165, 1.54) is 4.90 Å². The van der Waals surface area contributed by atoms with Gasteiger partial charge in [-0.25, -0.2) is 0 Å². The van der Waals surface area contributed by atoms with Crippen molar-refractivity contribution in [2.45, 2.75) is 11.8 Å². The number of carbonyl (C=O) groups excluding carboxylic acids is 2. The molecule has 0 aliphatic rings. The minimum absolute atomic E-state index is 0.0432. The van der Waals surface area contributed by atoms with Gasteiger partial charge in [-0.3, -0.25) is 9.59 Å². The van der Waals surface area contributed by atoms with Gasteiger partial charge >= 0.3 is 0 Å². The van der Waals surface area contributed by atoms with Crippen LogP contribution in [-0.2, 0) is 4.79 Å². The summed E-state index contributed by atoms with van der Waals surface area (Å²) in [4.78, 5) is 25.9. The number of anilines is 1. The molecular formula is C18H20N2O3S. The van der Waals surface area contributed by atoms with Crippen molar-refractivity contribution in [1.29, 1.82) is 0 Å². The van der Waals surface area contributed by atoms with Gasteiger partial charge in [0, 0.05) is 24.7 Å². The number of hydrogen-bond donors (Lipinski definition) is 1. The molecule has 0 aliphatic heterocycles. The summed E-state index contributed by atoms with van der Waals surface area (Å²) < 4.78 is 5.46. The van der Waals surface area contributed by atoms with Gasteiger partial charge < -0.3 is 15.0 Å². The molecule has 0 atom stereocenters. The lowest BCUT2D eigenvalue weighted by molar-refractivity contribution is -0.118. The van der Waals surface area contributed by atoms with Crippen LogP contribution < -0.4 is 10.1 Å². The first kappa shape index (κ1) is 17.9. The second-order valence-corrected chi connectivity index (χ2v) is 6.46. The Bertz CT molecular complexity index is 714. The van der Waals surface area contributed by atoms with Crippen molar-refractivity contribution in [1.82, 2.24) is 4.90 Å². The molecule has 0 aromatic heterocycles. The van der Waals surface area contributed by atoms with E-state index in [4.69, 9.17) is 4.74 Å². The highest BCUT2D eigenvalue weighted by atomic mass is 32.2. The number of carbonyl (C=O) groups is 2. The van der Waals surface area contributed by atoms with E-state index in [0.29, 0.717) is 11.4 Å². The fourth-order valence-corrected chi connectivity index (χ4v) is 2.51. The van der Waals surface area contributed by atoms with Crippen LogP contribution in [0.2, 0.25) is 0 Å². The SMILES string of the molecule is Cc1cccc(OCC(=O)Nc2ccc(SC(=O)N(C)C)cc2)c1. The standard InChI is InChI=1S/C18H20N2O3S/c1-13-5-4-6-15(11-13)23-12-17(21)19-14-7-9-16(10-8-14)24-18(22)20(2)3/h4-11H,12H2,1-3H3,(H,19,21). The molecule has 6 heteroatoms. The summed E-state index contributed by atoms with van der Waals surface area (Å²) in [6.07, 6.45) is 0. The van der Waals surface area contributed by atoms with Gasteiger partial charge in [0.1, 0.15) is 5.75 Å².